The Hall–Kier alpha value is -1.98. The van der Waals surface area contributed by atoms with Crippen LogP contribution >= 0.6 is 0 Å². The van der Waals surface area contributed by atoms with E-state index in [0.717, 1.165) is 17.2 Å². The monoisotopic (exact) mass is 319 g/mol. The second kappa shape index (κ2) is 4.76. The van der Waals surface area contributed by atoms with Crippen LogP contribution in [-0.4, -0.2) is 22.4 Å². The van der Waals surface area contributed by atoms with Crippen molar-refractivity contribution in [2.24, 2.45) is 11.3 Å². The largest absolute Gasteiger partial charge is 0.464 e. The molecule has 2 fully saturated rings. The number of aryl methyl sites for hydroxylation is 2. The van der Waals surface area contributed by atoms with Crippen molar-refractivity contribution in [3.8, 4) is 0 Å². The molecule has 23 heavy (non-hydrogen) atoms. The van der Waals surface area contributed by atoms with E-state index in [1.807, 2.05) is 36.9 Å². The minimum Gasteiger partial charge on any atom is -0.464 e. The molecular weight excluding hydrogens is 300 g/mol. The van der Waals surface area contributed by atoms with E-state index in [1.54, 1.807) is 0 Å². The summed E-state index contributed by atoms with van der Waals surface area (Å²) in [5.41, 5.74) is 0.0891. The van der Waals surface area contributed by atoms with Gasteiger partial charge in [-0.15, -0.1) is 0 Å². The van der Waals surface area contributed by atoms with Crippen molar-refractivity contribution in [1.82, 2.24) is 9.97 Å². The van der Waals surface area contributed by atoms with Crippen molar-refractivity contribution < 1.29 is 13.2 Å². The smallest absolute Gasteiger partial charge is 0.259 e. The molecule has 2 aliphatic rings. The van der Waals surface area contributed by atoms with Gasteiger partial charge in [-0.2, -0.15) is 0 Å². The molecule has 0 aliphatic heterocycles. The summed E-state index contributed by atoms with van der Waals surface area (Å²) in [6.45, 7) is 4.47. The molecule has 1 spiro atoms. The van der Waals surface area contributed by atoms with E-state index >= 15 is 0 Å². The van der Waals surface area contributed by atoms with Gasteiger partial charge >= 0.3 is 0 Å². The van der Waals surface area contributed by atoms with Crippen LogP contribution in [0.5, 0.6) is 0 Å². The van der Waals surface area contributed by atoms with Crippen LogP contribution < -0.4 is 4.90 Å². The Morgan fingerprint density at radius 3 is 2.61 bits per heavy atom. The maximum absolute atomic E-state index is 14.1. The molecule has 2 aliphatic carbocycles. The molecule has 2 aromatic heterocycles. The summed E-state index contributed by atoms with van der Waals surface area (Å²) >= 11 is 0. The van der Waals surface area contributed by atoms with Crippen LogP contribution in [0.4, 0.5) is 14.6 Å². The van der Waals surface area contributed by atoms with Crippen LogP contribution in [-0.2, 0) is 6.54 Å². The van der Waals surface area contributed by atoms with Crippen molar-refractivity contribution in [3.05, 3.63) is 41.7 Å². The number of rotatable bonds is 5. The number of nitrogens with zero attached hydrogens (tertiary/aromatic N) is 3. The van der Waals surface area contributed by atoms with Crippen molar-refractivity contribution in [2.75, 3.05) is 11.4 Å². The molecule has 4 nitrogen and oxygen atoms in total. The standard InChI is InChI=1S/C17H19F2N3O/c1-11-7-15(21-10-20-11)22(8-13-4-3-12(2)23-13)9-14-16(5-6-16)17(14,18)19/h3-4,7,10,14H,5-6,8-9H2,1-2H3. The summed E-state index contributed by atoms with van der Waals surface area (Å²) in [5.74, 6) is -0.875. The summed E-state index contributed by atoms with van der Waals surface area (Å²) in [7, 11) is 0. The minimum atomic E-state index is -2.54. The number of hydrogen-bond acceptors (Lipinski definition) is 4. The zero-order valence-corrected chi connectivity index (χ0v) is 13.2. The third-order valence-corrected chi connectivity index (χ3v) is 5.13. The van der Waals surface area contributed by atoms with Gasteiger partial charge in [-0.3, -0.25) is 0 Å². The Labute approximate surface area is 133 Å². The van der Waals surface area contributed by atoms with Crippen molar-refractivity contribution >= 4 is 5.82 Å². The molecular formula is C17H19F2N3O. The highest BCUT2D eigenvalue weighted by molar-refractivity contribution is 5.41. The number of halogens is 2. The van der Waals surface area contributed by atoms with E-state index in [9.17, 15) is 8.78 Å². The Morgan fingerprint density at radius 1 is 1.26 bits per heavy atom. The van der Waals surface area contributed by atoms with Gasteiger partial charge in [-0.25, -0.2) is 18.7 Å². The third-order valence-electron chi connectivity index (χ3n) is 5.13. The highest BCUT2D eigenvalue weighted by Gasteiger charge is 2.86. The predicted molar refractivity (Wildman–Crippen MR) is 81.4 cm³/mol. The minimum absolute atomic E-state index is 0.295. The number of furan rings is 1. The van der Waals surface area contributed by atoms with Crippen LogP contribution in [0.15, 0.2) is 28.9 Å². The molecule has 0 bridgehead atoms. The zero-order chi connectivity index (χ0) is 16.2. The van der Waals surface area contributed by atoms with Crippen LogP contribution in [0, 0.1) is 25.2 Å². The second-order valence-corrected chi connectivity index (χ2v) is 6.74. The van der Waals surface area contributed by atoms with Gasteiger partial charge in [-0.1, -0.05) is 0 Å². The van der Waals surface area contributed by atoms with Crippen LogP contribution in [0.25, 0.3) is 0 Å². The third kappa shape index (κ3) is 2.31. The van der Waals surface area contributed by atoms with Gasteiger partial charge in [0.2, 0.25) is 0 Å². The lowest BCUT2D eigenvalue weighted by Crippen LogP contribution is -2.27. The van der Waals surface area contributed by atoms with Crippen molar-refractivity contribution in [1.29, 1.82) is 0 Å². The lowest BCUT2D eigenvalue weighted by Gasteiger charge is -2.23. The molecule has 0 saturated heterocycles. The van der Waals surface area contributed by atoms with Gasteiger partial charge < -0.3 is 9.32 Å². The molecule has 4 rings (SSSR count). The maximum atomic E-state index is 14.1. The first-order valence-electron chi connectivity index (χ1n) is 7.89. The van der Waals surface area contributed by atoms with Crippen LogP contribution in [0.3, 0.4) is 0 Å². The molecule has 2 aromatic rings. The quantitative estimate of drug-likeness (QED) is 0.842. The van der Waals surface area contributed by atoms with Gasteiger partial charge in [-0.05, 0) is 38.8 Å². The van der Waals surface area contributed by atoms with Gasteiger partial charge in [0.1, 0.15) is 23.7 Å². The van der Waals surface area contributed by atoms with E-state index in [2.05, 4.69) is 9.97 Å². The van der Waals surface area contributed by atoms with Gasteiger partial charge in [0, 0.05) is 23.7 Å². The lowest BCUT2D eigenvalue weighted by molar-refractivity contribution is 0.0804. The van der Waals surface area contributed by atoms with Crippen molar-refractivity contribution in [2.45, 2.75) is 39.2 Å². The van der Waals surface area contributed by atoms with Crippen molar-refractivity contribution in [3.63, 3.8) is 0 Å². The van der Waals surface area contributed by atoms with E-state index < -0.39 is 17.3 Å². The molecule has 122 valence electrons. The molecule has 2 saturated carbocycles. The highest BCUT2D eigenvalue weighted by Crippen LogP contribution is 2.79. The fourth-order valence-electron chi connectivity index (χ4n) is 3.53. The SMILES string of the molecule is Cc1cc(N(Cc2ccc(C)o2)CC2C(F)(F)C23CC3)ncn1. The fraction of sp³-hybridized carbons (Fsp3) is 0.529. The molecule has 0 aromatic carbocycles. The molecule has 2 heterocycles. The average molecular weight is 319 g/mol. The molecule has 0 radical (unpaired) electrons. The molecule has 0 N–H and O–H groups in total. The van der Waals surface area contributed by atoms with E-state index in [0.29, 0.717) is 31.7 Å². The van der Waals surface area contributed by atoms with E-state index in [-0.39, 0.29) is 0 Å². The normalized spacial score (nSPS) is 23.0. The van der Waals surface area contributed by atoms with Crippen LogP contribution in [0.2, 0.25) is 0 Å². The van der Waals surface area contributed by atoms with Gasteiger partial charge in [0.05, 0.1) is 12.5 Å². The Morgan fingerprint density at radius 2 is 2.04 bits per heavy atom. The summed E-state index contributed by atoms with van der Waals surface area (Å²) in [6, 6.07) is 5.59. The second-order valence-electron chi connectivity index (χ2n) is 6.74. The van der Waals surface area contributed by atoms with Crippen LogP contribution in [0.1, 0.15) is 30.1 Å². The maximum Gasteiger partial charge on any atom is 0.259 e. The first kappa shape index (κ1) is 14.6. The number of hydrogen-bond donors (Lipinski definition) is 0. The predicted octanol–water partition coefficient (Wildman–Crippen LogP) is 3.74. The highest BCUT2D eigenvalue weighted by atomic mass is 19.3. The van der Waals surface area contributed by atoms with Gasteiger partial charge in [0.25, 0.3) is 5.92 Å². The van der Waals surface area contributed by atoms with E-state index in [4.69, 9.17) is 4.42 Å². The molecule has 1 unspecified atom stereocenters. The molecule has 6 heteroatoms. The Balaban J connectivity index is 1.59. The number of anilines is 1. The summed E-state index contributed by atoms with van der Waals surface area (Å²) in [4.78, 5) is 10.2. The molecule has 1 atom stereocenters. The fourth-order valence-corrected chi connectivity index (χ4v) is 3.53. The average Bonchev–Trinajstić information content (AvgIpc) is 3.31. The van der Waals surface area contributed by atoms with E-state index in [1.165, 1.54) is 6.33 Å². The molecule has 0 amide bonds. The first-order valence-corrected chi connectivity index (χ1v) is 7.89. The Bertz CT molecular complexity index is 735. The zero-order valence-electron chi connectivity index (χ0n) is 13.2. The topological polar surface area (TPSA) is 42.2 Å². The summed E-state index contributed by atoms with van der Waals surface area (Å²) < 4.78 is 33.7. The lowest BCUT2D eigenvalue weighted by atomic mass is 10.2. The number of alkyl halides is 2. The Kier molecular flexibility index (Phi) is 3.02. The first-order chi connectivity index (χ1) is 10.9. The number of aromatic nitrogens is 2. The summed E-state index contributed by atoms with van der Waals surface area (Å²) in [6.07, 6.45) is 2.76. The van der Waals surface area contributed by atoms with Gasteiger partial charge in [0.15, 0.2) is 0 Å². The summed E-state index contributed by atoms with van der Waals surface area (Å²) in [5, 5.41) is 0.